The Hall–Kier alpha value is -2.75. The van der Waals surface area contributed by atoms with Gasteiger partial charge in [-0.1, -0.05) is 30.3 Å². The van der Waals surface area contributed by atoms with E-state index in [1.165, 1.54) is 26.4 Å². The number of ether oxygens (including phenoxy) is 1. The third kappa shape index (κ3) is 2.88. The van der Waals surface area contributed by atoms with Crippen LogP contribution >= 0.6 is 0 Å². The van der Waals surface area contributed by atoms with Gasteiger partial charge in [-0.3, -0.25) is 4.79 Å². The summed E-state index contributed by atoms with van der Waals surface area (Å²) >= 11 is 0. The van der Waals surface area contributed by atoms with Gasteiger partial charge >= 0.3 is 0 Å². The fourth-order valence-electron chi connectivity index (χ4n) is 3.48. The zero-order valence-electron chi connectivity index (χ0n) is 14.3. The van der Waals surface area contributed by atoms with Gasteiger partial charge in [0.25, 0.3) is 0 Å². The van der Waals surface area contributed by atoms with Crippen LogP contribution in [0, 0.1) is 0 Å². The van der Waals surface area contributed by atoms with E-state index in [-0.39, 0.29) is 11.2 Å². The molecule has 0 spiro atoms. The van der Waals surface area contributed by atoms with E-state index in [4.69, 9.17) is 9.15 Å². The minimum Gasteiger partial charge on any atom is -0.490 e. The van der Waals surface area contributed by atoms with Gasteiger partial charge in [0.1, 0.15) is 5.58 Å². The molecule has 25 heavy (non-hydrogen) atoms. The van der Waals surface area contributed by atoms with Crippen molar-refractivity contribution in [2.75, 3.05) is 25.1 Å². The normalized spacial score (nSPS) is 14.7. The van der Waals surface area contributed by atoms with Crippen LogP contribution in [0.3, 0.4) is 0 Å². The van der Waals surface area contributed by atoms with Crippen LogP contribution in [0.4, 0.5) is 5.69 Å². The monoisotopic (exact) mass is 335 g/mol. The molecule has 0 atom stereocenters. The molecule has 1 fully saturated rings. The summed E-state index contributed by atoms with van der Waals surface area (Å²) in [6.45, 7) is 2.11. The minimum absolute atomic E-state index is 0.132. The van der Waals surface area contributed by atoms with E-state index in [1.54, 1.807) is 0 Å². The van der Waals surface area contributed by atoms with Crippen LogP contribution in [0.5, 0.6) is 5.75 Å². The second-order valence-electron chi connectivity index (χ2n) is 6.39. The molecule has 2 aromatic carbocycles. The van der Waals surface area contributed by atoms with Crippen LogP contribution in [-0.2, 0) is 0 Å². The van der Waals surface area contributed by atoms with Crippen molar-refractivity contribution >= 4 is 16.7 Å². The zero-order valence-corrected chi connectivity index (χ0v) is 14.3. The van der Waals surface area contributed by atoms with Crippen molar-refractivity contribution < 1.29 is 9.15 Å². The summed E-state index contributed by atoms with van der Waals surface area (Å²) in [6, 6.07) is 15.4. The van der Waals surface area contributed by atoms with Crippen molar-refractivity contribution in [2.45, 2.75) is 19.3 Å². The predicted molar refractivity (Wildman–Crippen MR) is 101 cm³/mol. The lowest BCUT2D eigenvalue weighted by atomic mass is 10.1. The summed E-state index contributed by atoms with van der Waals surface area (Å²) in [7, 11) is 1.51. The Morgan fingerprint density at radius 1 is 1.00 bits per heavy atom. The number of piperidine rings is 1. The van der Waals surface area contributed by atoms with E-state index in [1.807, 2.05) is 48.5 Å². The molecule has 3 aromatic rings. The Bertz CT molecular complexity index is 941. The van der Waals surface area contributed by atoms with Gasteiger partial charge < -0.3 is 14.1 Å². The van der Waals surface area contributed by atoms with Crippen LogP contribution in [0.25, 0.3) is 22.3 Å². The SMILES string of the molecule is COc1c(-c2ccccc2)oc2cc(N3CCCCC3)ccc2c1=O. The lowest BCUT2D eigenvalue weighted by Crippen LogP contribution is -2.29. The molecule has 128 valence electrons. The second kappa shape index (κ2) is 6.63. The number of benzene rings is 2. The summed E-state index contributed by atoms with van der Waals surface area (Å²) in [6.07, 6.45) is 3.70. The van der Waals surface area contributed by atoms with Gasteiger partial charge in [0.2, 0.25) is 11.2 Å². The lowest BCUT2D eigenvalue weighted by molar-refractivity contribution is 0.398. The van der Waals surface area contributed by atoms with E-state index in [0.717, 1.165) is 24.3 Å². The molecule has 0 bridgehead atoms. The quantitative estimate of drug-likeness (QED) is 0.709. The van der Waals surface area contributed by atoms with Gasteiger partial charge in [0, 0.05) is 30.4 Å². The maximum atomic E-state index is 12.8. The molecule has 0 saturated carbocycles. The van der Waals surface area contributed by atoms with Gasteiger partial charge in [-0.25, -0.2) is 0 Å². The highest BCUT2D eigenvalue weighted by molar-refractivity contribution is 5.84. The number of methoxy groups -OCH3 is 1. The van der Waals surface area contributed by atoms with Gasteiger partial charge in [-0.2, -0.15) is 0 Å². The molecule has 0 aliphatic carbocycles. The number of rotatable bonds is 3. The highest BCUT2D eigenvalue weighted by Crippen LogP contribution is 2.32. The van der Waals surface area contributed by atoms with E-state index in [9.17, 15) is 4.79 Å². The molecule has 4 heteroatoms. The summed E-state index contributed by atoms with van der Waals surface area (Å²) in [5.41, 5.74) is 2.42. The minimum atomic E-state index is -0.132. The average Bonchev–Trinajstić information content (AvgIpc) is 2.69. The molecule has 1 aromatic heterocycles. The topological polar surface area (TPSA) is 42.7 Å². The first-order valence-corrected chi connectivity index (χ1v) is 8.73. The predicted octanol–water partition coefficient (Wildman–Crippen LogP) is 4.46. The standard InChI is InChI=1S/C21H21NO3/c1-24-21-19(23)17-11-10-16(22-12-6-3-7-13-22)14-18(17)25-20(21)15-8-4-2-5-9-15/h2,4-5,8-11,14H,3,6-7,12-13H2,1H3. The molecule has 0 N–H and O–H groups in total. The van der Waals surface area contributed by atoms with Crippen molar-refractivity contribution in [3.63, 3.8) is 0 Å². The molecule has 4 rings (SSSR count). The van der Waals surface area contributed by atoms with Crippen molar-refractivity contribution in [2.24, 2.45) is 0 Å². The molecule has 4 nitrogen and oxygen atoms in total. The Kier molecular flexibility index (Phi) is 4.18. The zero-order chi connectivity index (χ0) is 17.2. The van der Waals surface area contributed by atoms with Crippen LogP contribution in [0.15, 0.2) is 57.7 Å². The average molecular weight is 335 g/mol. The number of fused-ring (bicyclic) bond motifs is 1. The van der Waals surface area contributed by atoms with E-state index < -0.39 is 0 Å². The number of hydrogen-bond acceptors (Lipinski definition) is 4. The number of nitrogens with zero attached hydrogens (tertiary/aromatic N) is 1. The molecule has 0 unspecified atom stereocenters. The largest absolute Gasteiger partial charge is 0.490 e. The molecule has 1 saturated heterocycles. The maximum Gasteiger partial charge on any atom is 0.235 e. The van der Waals surface area contributed by atoms with Crippen molar-refractivity contribution in [1.29, 1.82) is 0 Å². The Morgan fingerprint density at radius 2 is 1.76 bits per heavy atom. The van der Waals surface area contributed by atoms with Crippen molar-refractivity contribution in [1.82, 2.24) is 0 Å². The van der Waals surface area contributed by atoms with Crippen LogP contribution < -0.4 is 15.1 Å². The fraction of sp³-hybridized carbons (Fsp3) is 0.286. The summed E-state index contributed by atoms with van der Waals surface area (Å²) < 4.78 is 11.5. The van der Waals surface area contributed by atoms with E-state index in [2.05, 4.69) is 4.90 Å². The molecular formula is C21H21NO3. The van der Waals surface area contributed by atoms with Crippen molar-refractivity contribution in [3.05, 3.63) is 58.8 Å². The third-order valence-corrected chi connectivity index (χ3v) is 4.80. The van der Waals surface area contributed by atoms with E-state index >= 15 is 0 Å². The van der Waals surface area contributed by atoms with Crippen LogP contribution in [-0.4, -0.2) is 20.2 Å². The lowest BCUT2D eigenvalue weighted by Gasteiger charge is -2.28. The summed E-state index contributed by atoms with van der Waals surface area (Å²) in [5, 5.41) is 0.553. The highest BCUT2D eigenvalue weighted by Gasteiger charge is 2.18. The van der Waals surface area contributed by atoms with Gasteiger partial charge in [0.05, 0.1) is 12.5 Å². The first-order valence-electron chi connectivity index (χ1n) is 8.73. The highest BCUT2D eigenvalue weighted by atomic mass is 16.5. The van der Waals surface area contributed by atoms with E-state index in [0.29, 0.717) is 16.7 Å². The van der Waals surface area contributed by atoms with Crippen molar-refractivity contribution in [3.8, 4) is 17.1 Å². The second-order valence-corrected chi connectivity index (χ2v) is 6.39. The third-order valence-electron chi connectivity index (χ3n) is 4.80. The number of anilines is 1. The van der Waals surface area contributed by atoms with Crippen LogP contribution in [0.1, 0.15) is 19.3 Å². The van der Waals surface area contributed by atoms with Gasteiger partial charge in [0.15, 0.2) is 5.76 Å². The van der Waals surface area contributed by atoms with Gasteiger partial charge in [-0.15, -0.1) is 0 Å². The molecule has 0 amide bonds. The summed E-state index contributed by atoms with van der Waals surface area (Å²) in [4.78, 5) is 15.2. The molecule has 0 radical (unpaired) electrons. The molecule has 2 heterocycles. The Balaban J connectivity index is 1.89. The molecule has 1 aliphatic rings. The van der Waals surface area contributed by atoms with Gasteiger partial charge in [-0.05, 0) is 31.4 Å². The maximum absolute atomic E-state index is 12.8. The first kappa shape index (κ1) is 15.8. The Labute approximate surface area is 146 Å². The Morgan fingerprint density at radius 3 is 2.48 bits per heavy atom. The summed E-state index contributed by atoms with van der Waals surface area (Å²) in [5.74, 6) is 0.737. The van der Waals surface area contributed by atoms with Crippen LogP contribution in [0.2, 0.25) is 0 Å². The number of hydrogen-bond donors (Lipinski definition) is 0. The molecular weight excluding hydrogens is 314 g/mol. The molecule has 1 aliphatic heterocycles. The first-order chi connectivity index (χ1) is 12.3. The smallest absolute Gasteiger partial charge is 0.235 e. The fourth-order valence-corrected chi connectivity index (χ4v) is 3.48.